The fourth-order valence-electron chi connectivity index (χ4n) is 1.04. The van der Waals surface area contributed by atoms with Crippen molar-refractivity contribution in [2.45, 2.75) is 6.42 Å². The maximum absolute atomic E-state index is 8.30. The van der Waals surface area contributed by atoms with Gasteiger partial charge in [0.15, 0.2) is 0 Å². The van der Waals surface area contributed by atoms with Gasteiger partial charge < -0.3 is 10.6 Å². The lowest BCUT2D eigenvalue weighted by Crippen LogP contribution is -2.23. The molecule has 1 heterocycles. The number of dihydropyridines is 1. The lowest BCUT2D eigenvalue weighted by atomic mass is 10.2. The van der Waals surface area contributed by atoms with Crippen molar-refractivity contribution in [1.82, 2.24) is 10.6 Å². The summed E-state index contributed by atoms with van der Waals surface area (Å²) in [5.41, 5.74) is 1.05. The fraction of sp³-hybridized carbons (Fsp3) is 0.444. The molecule has 0 unspecified atom stereocenters. The second-order valence-electron chi connectivity index (χ2n) is 2.71. The molecule has 3 nitrogen and oxygen atoms in total. The Hall–Kier alpha value is -0.980. The first kappa shape index (κ1) is 10.1. The molecule has 0 saturated heterocycles. The Morgan fingerprint density at radius 1 is 1.69 bits per heavy atom. The van der Waals surface area contributed by atoms with Gasteiger partial charge in [-0.15, -0.1) is 0 Å². The summed E-state index contributed by atoms with van der Waals surface area (Å²) in [6, 6.07) is 2.07. The van der Waals surface area contributed by atoms with Gasteiger partial charge in [-0.25, -0.2) is 0 Å². The Morgan fingerprint density at radius 3 is 3.23 bits per heavy atom. The monoisotopic (exact) mass is 197 g/mol. The summed E-state index contributed by atoms with van der Waals surface area (Å²) < 4.78 is 0. The van der Waals surface area contributed by atoms with Crippen LogP contribution in [0.4, 0.5) is 0 Å². The molecule has 0 fully saturated rings. The summed E-state index contributed by atoms with van der Waals surface area (Å²) in [6.07, 6.45) is 4.55. The van der Waals surface area contributed by atoms with Gasteiger partial charge in [-0.05, 0) is 0 Å². The Balaban J connectivity index is 2.28. The van der Waals surface area contributed by atoms with Crippen molar-refractivity contribution >= 4 is 11.6 Å². The summed E-state index contributed by atoms with van der Waals surface area (Å²) in [6.45, 7) is 2.21. The lowest BCUT2D eigenvalue weighted by molar-refractivity contribution is 0.739. The molecule has 0 radical (unpaired) electrons. The quantitative estimate of drug-likeness (QED) is 0.524. The first-order valence-corrected chi connectivity index (χ1v) is 4.59. The van der Waals surface area contributed by atoms with E-state index in [0.29, 0.717) is 24.7 Å². The van der Waals surface area contributed by atoms with Crippen molar-refractivity contribution in [3.05, 3.63) is 22.9 Å². The Bertz CT molecular complexity index is 263. The van der Waals surface area contributed by atoms with E-state index in [1.165, 1.54) is 0 Å². The summed E-state index contributed by atoms with van der Waals surface area (Å²) in [4.78, 5) is 0. The van der Waals surface area contributed by atoms with E-state index in [2.05, 4.69) is 16.7 Å². The molecule has 0 aromatic heterocycles. The predicted molar refractivity (Wildman–Crippen MR) is 53.1 cm³/mol. The van der Waals surface area contributed by atoms with Crippen LogP contribution in [-0.2, 0) is 0 Å². The zero-order valence-electron chi connectivity index (χ0n) is 7.31. The average molecular weight is 198 g/mol. The van der Waals surface area contributed by atoms with E-state index in [-0.39, 0.29) is 0 Å². The number of nitrogens with one attached hydrogen (secondary N) is 2. The smallest absolute Gasteiger partial charge is 0.107 e. The number of nitriles is 1. The molecule has 1 aliphatic heterocycles. The standard InChI is InChI=1S/C9H12ClN3/c10-9-8(3-1-6-13-9)7-12-5-2-4-11/h1,3,12-13H,2,5-7H2. The van der Waals surface area contributed by atoms with Crippen LogP contribution < -0.4 is 10.6 Å². The van der Waals surface area contributed by atoms with Crippen molar-refractivity contribution < 1.29 is 0 Å². The molecule has 0 bridgehead atoms. The normalized spacial score (nSPS) is 15.4. The predicted octanol–water partition coefficient (Wildman–Crippen LogP) is 1.10. The first-order chi connectivity index (χ1) is 6.34. The molecule has 1 aliphatic rings. The van der Waals surface area contributed by atoms with Gasteiger partial charge in [0.1, 0.15) is 5.16 Å². The Labute approximate surface area is 83.1 Å². The topological polar surface area (TPSA) is 47.9 Å². The van der Waals surface area contributed by atoms with E-state index in [1.807, 2.05) is 12.2 Å². The van der Waals surface area contributed by atoms with E-state index in [9.17, 15) is 0 Å². The molecule has 0 aromatic rings. The minimum absolute atomic E-state index is 0.530. The second-order valence-corrected chi connectivity index (χ2v) is 3.09. The van der Waals surface area contributed by atoms with Crippen LogP contribution in [0.3, 0.4) is 0 Å². The van der Waals surface area contributed by atoms with Crippen LogP contribution in [0.2, 0.25) is 0 Å². The molecule has 0 aromatic carbocycles. The Kier molecular flexibility index (Phi) is 4.37. The molecule has 0 aliphatic carbocycles. The van der Waals surface area contributed by atoms with Gasteiger partial charge in [0.25, 0.3) is 0 Å². The van der Waals surface area contributed by atoms with E-state index >= 15 is 0 Å². The number of nitrogens with zero attached hydrogens (tertiary/aromatic N) is 1. The average Bonchev–Trinajstić information content (AvgIpc) is 2.15. The van der Waals surface area contributed by atoms with Crippen LogP contribution in [0, 0.1) is 11.3 Å². The molecule has 4 heteroatoms. The molecular formula is C9H12ClN3. The summed E-state index contributed by atoms with van der Waals surface area (Å²) >= 11 is 5.91. The molecule has 0 atom stereocenters. The number of hydrogen-bond acceptors (Lipinski definition) is 3. The minimum Gasteiger partial charge on any atom is -0.372 e. The molecule has 1 rings (SSSR count). The van der Waals surface area contributed by atoms with Gasteiger partial charge in [0.2, 0.25) is 0 Å². The first-order valence-electron chi connectivity index (χ1n) is 4.21. The second kappa shape index (κ2) is 5.63. The Morgan fingerprint density at radius 2 is 2.54 bits per heavy atom. The maximum atomic E-state index is 8.30. The van der Waals surface area contributed by atoms with Crippen LogP contribution in [0.5, 0.6) is 0 Å². The summed E-state index contributed by atoms with van der Waals surface area (Å²) in [7, 11) is 0. The molecule has 2 N–H and O–H groups in total. The van der Waals surface area contributed by atoms with Gasteiger partial charge in [0.05, 0.1) is 6.07 Å². The van der Waals surface area contributed by atoms with E-state index in [4.69, 9.17) is 16.9 Å². The van der Waals surface area contributed by atoms with Crippen LogP contribution in [0.1, 0.15) is 6.42 Å². The van der Waals surface area contributed by atoms with Gasteiger partial charge >= 0.3 is 0 Å². The molecule has 0 spiro atoms. The summed E-state index contributed by atoms with van der Waals surface area (Å²) in [5.74, 6) is 0. The number of halogens is 1. The van der Waals surface area contributed by atoms with E-state index < -0.39 is 0 Å². The largest absolute Gasteiger partial charge is 0.372 e. The molecule has 13 heavy (non-hydrogen) atoms. The van der Waals surface area contributed by atoms with Crippen LogP contribution >= 0.6 is 11.6 Å². The highest BCUT2D eigenvalue weighted by Gasteiger charge is 2.03. The lowest BCUT2D eigenvalue weighted by Gasteiger charge is -2.12. The summed E-state index contributed by atoms with van der Waals surface area (Å²) in [5, 5.41) is 15.2. The van der Waals surface area contributed by atoms with Crippen molar-refractivity contribution in [3.63, 3.8) is 0 Å². The zero-order valence-corrected chi connectivity index (χ0v) is 8.06. The van der Waals surface area contributed by atoms with Crippen molar-refractivity contribution in [1.29, 1.82) is 5.26 Å². The highest BCUT2D eigenvalue weighted by Crippen LogP contribution is 2.10. The van der Waals surface area contributed by atoms with E-state index in [0.717, 1.165) is 12.1 Å². The fourth-order valence-corrected chi connectivity index (χ4v) is 1.25. The van der Waals surface area contributed by atoms with Crippen molar-refractivity contribution in [3.8, 4) is 6.07 Å². The van der Waals surface area contributed by atoms with Crippen LogP contribution in [-0.4, -0.2) is 19.6 Å². The third-order valence-electron chi connectivity index (χ3n) is 1.71. The minimum atomic E-state index is 0.530. The molecule has 70 valence electrons. The third kappa shape index (κ3) is 3.49. The molecular weight excluding hydrogens is 186 g/mol. The third-order valence-corrected chi connectivity index (χ3v) is 2.08. The molecule has 0 amide bonds. The van der Waals surface area contributed by atoms with Gasteiger partial charge in [-0.1, -0.05) is 23.8 Å². The number of rotatable bonds is 4. The van der Waals surface area contributed by atoms with Gasteiger partial charge in [-0.2, -0.15) is 5.26 Å². The zero-order chi connectivity index (χ0) is 9.52. The maximum Gasteiger partial charge on any atom is 0.107 e. The van der Waals surface area contributed by atoms with Crippen molar-refractivity contribution in [2.75, 3.05) is 19.6 Å². The highest BCUT2D eigenvalue weighted by atomic mass is 35.5. The SMILES string of the molecule is N#CCCNCC1=C(Cl)NCC=C1. The van der Waals surface area contributed by atoms with E-state index in [1.54, 1.807) is 0 Å². The number of hydrogen-bond donors (Lipinski definition) is 2. The molecule has 0 saturated carbocycles. The van der Waals surface area contributed by atoms with Gasteiger partial charge in [-0.3, -0.25) is 0 Å². The highest BCUT2D eigenvalue weighted by molar-refractivity contribution is 6.29. The van der Waals surface area contributed by atoms with Gasteiger partial charge in [0, 0.05) is 31.6 Å². The van der Waals surface area contributed by atoms with Crippen LogP contribution in [0.25, 0.3) is 0 Å². The van der Waals surface area contributed by atoms with Crippen LogP contribution in [0.15, 0.2) is 22.9 Å². The van der Waals surface area contributed by atoms with Crippen molar-refractivity contribution in [2.24, 2.45) is 0 Å².